The Morgan fingerprint density at radius 3 is 2.82 bits per heavy atom. The van der Waals surface area contributed by atoms with Gasteiger partial charge in [0.05, 0.1) is 12.7 Å². The molecule has 2 rings (SSSR count). The van der Waals surface area contributed by atoms with Crippen LogP contribution in [0.4, 0.5) is 0 Å². The molecule has 0 aromatic rings. The number of methoxy groups -OCH3 is 1. The number of hydrogen-bond donors (Lipinski definition) is 1. The molecule has 0 aliphatic carbocycles. The summed E-state index contributed by atoms with van der Waals surface area (Å²) >= 11 is 0. The Bertz CT molecular complexity index is 331. The Hall–Kier alpha value is -0.500. The first-order valence-electron chi connectivity index (χ1n) is 7.97. The van der Waals surface area contributed by atoms with Gasteiger partial charge in [-0.3, -0.25) is 0 Å². The number of epoxide rings is 1. The molecule has 0 radical (unpaired) electrons. The third-order valence-corrected chi connectivity index (χ3v) is 4.12. The lowest BCUT2D eigenvalue weighted by Gasteiger charge is -2.24. The summed E-state index contributed by atoms with van der Waals surface area (Å²) in [6.45, 7) is 6.93. The van der Waals surface area contributed by atoms with Gasteiger partial charge >= 0.3 is 0 Å². The van der Waals surface area contributed by atoms with E-state index in [0.29, 0.717) is 0 Å². The van der Waals surface area contributed by atoms with Crippen LogP contribution in [0, 0.1) is 5.92 Å². The molecule has 0 unspecified atom stereocenters. The van der Waals surface area contributed by atoms with Gasteiger partial charge in [0.25, 0.3) is 0 Å². The SMILES string of the molecule is C=C[C@@H](C)[C@H](OCOC)[C@@H]1O[C@@H]1[C@H](O)CO[C@H]1CCCCO1. The van der Waals surface area contributed by atoms with Gasteiger partial charge in [0.2, 0.25) is 0 Å². The molecule has 0 aromatic heterocycles. The lowest BCUT2D eigenvalue weighted by atomic mass is 9.99. The van der Waals surface area contributed by atoms with Crippen LogP contribution in [0.25, 0.3) is 0 Å². The molecule has 2 fully saturated rings. The predicted octanol–water partition coefficient (Wildman–Crippen LogP) is 1.47. The molecule has 0 spiro atoms. The van der Waals surface area contributed by atoms with Gasteiger partial charge in [0.1, 0.15) is 25.1 Å². The van der Waals surface area contributed by atoms with Gasteiger partial charge in [-0.25, -0.2) is 0 Å². The van der Waals surface area contributed by atoms with E-state index in [0.717, 1.165) is 25.9 Å². The molecule has 0 saturated carbocycles. The number of ether oxygens (including phenoxy) is 5. The normalized spacial score (nSPS) is 32.2. The van der Waals surface area contributed by atoms with Crippen LogP contribution in [-0.2, 0) is 23.7 Å². The highest BCUT2D eigenvalue weighted by molar-refractivity contribution is 5.00. The summed E-state index contributed by atoms with van der Waals surface area (Å²) in [5.74, 6) is 0.111. The first-order valence-corrected chi connectivity index (χ1v) is 7.97. The summed E-state index contributed by atoms with van der Waals surface area (Å²) < 4.78 is 27.3. The Labute approximate surface area is 132 Å². The molecule has 1 N–H and O–H groups in total. The summed E-state index contributed by atoms with van der Waals surface area (Å²) in [7, 11) is 1.58. The fourth-order valence-corrected chi connectivity index (χ4v) is 2.68. The fraction of sp³-hybridized carbons (Fsp3) is 0.875. The molecule has 2 heterocycles. The van der Waals surface area contributed by atoms with E-state index in [9.17, 15) is 5.11 Å². The quantitative estimate of drug-likeness (QED) is 0.374. The Balaban J connectivity index is 1.74. The van der Waals surface area contributed by atoms with Crippen molar-refractivity contribution in [2.24, 2.45) is 5.92 Å². The van der Waals surface area contributed by atoms with Crippen molar-refractivity contribution in [2.75, 3.05) is 27.1 Å². The molecule has 6 heteroatoms. The highest BCUT2D eigenvalue weighted by Gasteiger charge is 2.51. The van der Waals surface area contributed by atoms with Crippen molar-refractivity contribution >= 4 is 0 Å². The van der Waals surface area contributed by atoms with Gasteiger partial charge in [-0.2, -0.15) is 0 Å². The molecular formula is C16H28O6. The second-order valence-corrected chi connectivity index (χ2v) is 5.89. The van der Waals surface area contributed by atoms with Crippen LogP contribution >= 0.6 is 0 Å². The van der Waals surface area contributed by atoms with E-state index in [1.54, 1.807) is 7.11 Å². The number of aliphatic hydroxyl groups excluding tert-OH is 1. The molecule has 2 aliphatic heterocycles. The first-order chi connectivity index (χ1) is 10.7. The zero-order valence-electron chi connectivity index (χ0n) is 13.5. The summed E-state index contributed by atoms with van der Waals surface area (Å²) in [6, 6.07) is 0. The highest BCUT2D eigenvalue weighted by Crippen LogP contribution is 2.34. The van der Waals surface area contributed by atoms with E-state index in [1.807, 2.05) is 13.0 Å². The topological polar surface area (TPSA) is 69.7 Å². The summed E-state index contributed by atoms with van der Waals surface area (Å²) in [5, 5.41) is 10.2. The molecule has 6 atom stereocenters. The van der Waals surface area contributed by atoms with Crippen LogP contribution in [0.15, 0.2) is 12.7 Å². The van der Waals surface area contributed by atoms with E-state index < -0.39 is 6.10 Å². The minimum atomic E-state index is -0.679. The van der Waals surface area contributed by atoms with Crippen molar-refractivity contribution in [2.45, 2.75) is 56.9 Å². The molecule has 22 heavy (non-hydrogen) atoms. The van der Waals surface area contributed by atoms with E-state index in [1.165, 1.54) is 0 Å². The van der Waals surface area contributed by atoms with Gasteiger partial charge in [-0.15, -0.1) is 6.58 Å². The third kappa shape index (κ3) is 5.01. The molecule has 0 amide bonds. The second-order valence-electron chi connectivity index (χ2n) is 5.89. The average molecular weight is 316 g/mol. The summed E-state index contributed by atoms with van der Waals surface area (Å²) in [4.78, 5) is 0. The van der Waals surface area contributed by atoms with Crippen molar-refractivity contribution < 1.29 is 28.8 Å². The average Bonchev–Trinajstić information content (AvgIpc) is 3.34. The first kappa shape index (κ1) is 17.8. The lowest BCUT2D eigenvalue weighted by molar-refractivity contribution is -0.176. The summed E-state index contributed by atoms with van der Waals surface area (Å²) in [6.07, 6.45) is 3.40. The standard InChI is InChI=1S/C16H28O6/c1-4-11(2)14(21-10-18-3)16-15(22-16)12(17)9-20-13-7-5-6-8-19-13/h4,11-17H,1,5-10H2,2-3H3/t11-,12-,13+,14+,15-,16+/m1/s1. The van der Waals surface area contributed by atoms with Crippen molar-refractivity contribution in [3.63, 3.8) is 0 Å². The van der Waals surface area contributed by atoms with Crippen LogP contribution in [0.5, 0.6) is 0 Å². The zero-order chi connectivity index (χ0) is 15.9. The van der Waals surface area contributed by atoms with Gasteiger partial charge in [-0.1, -0.05) is 13.0 Å². The van der Waals surface area contributed by atoms with E-state index >= 15 is 0 Å². The maximum absolute atomic E-state index is 10.2. The second kappa shape index (κ2) is 8.96. The molecular weight excluding hydrogens is 288 g/mol. The smallest absolute Gasteiger partial charge is 0.157 e. The largest absolute Gasteiger partial charge is 0.388 e. The van der Waals surface area contributed by atoms with Crippen LogP contribution in [0.1, 0.15) is 26.2 Å². The molecule has 6 nitrogen and oxygen atoms in total. The third-order valence-electron chi connectivity index (χ3n) is 4.12. The molecule has 2 aliphatic rings. The van der Waals surface area contributed by atoms with Crippen LogP contribution < -0.4 is 0 Å². The Kier molecular flexibility index (Phi) is 7.27. The molecule has 2 saturated heterocycles. The minimum absolute atomic E-state index is 0.111. The number of rotatable bonds is 10. The number of hydrogen-bond acceptors (Lipinski definition) is 6. The molecule has 0 aromatic carbocycles. The highest BCUT2D eigenvalue weighted by atomic mass is 16.7. The maximum atomic E-state index is 10.2. The van der Waals surface area contributed by atoms with E-state index in [-0.39, 0.29) is 43.9 Å². The fourth-order valence-electron chi connectivity index (χ4n) is 2.68. The Morgan fingerprint density at radius 1 is 1.36 bits per heavy atom. The molecule has 128 valence electrons. The van der Waals surface area contributed by atoms with E-state index in [4.69, 9.17) is 23.7 Å². The minimum Gasteiger partial charge on any atom is -0.388 e. The van der Waals surface area contributed by atoms with E-state index in [2.05, 4.69) is 6.58 Å². The zero-order valence-corrected chi connectivity index (χ0v) is 13.5. The van der Waals surface area contributed by atoms with Crippen LogP contribution in [0.3, 0.4) is 0 Å². The van der Waals surface area contributed by atoms with Crippen molar-refractivity contribution in [1.29, 1.82) is 0 Å². The van der Waals surface area contributed by atoms with Gasteiger partial charge < -0.3 is 28.8 Å². The molecule has 0 bridgehead atoms. The lowest BCUT2D eigenvalue weighted by Crippen LogP contribution is -2.34. The van der Waals surface area contributed by atoms with Gasteiger partial charge in [-0.05, 0) is 19.3 Å². The summed E-state index contributed by atoms with van der Waals surface area (Å²) in [5.41, 5.74) is 0. The van der Waals surface area contributed by atoms with Gasteiger partial charge in [0, 0.05) is 19.6 Å². The Morgan fingerprint density at radius 2 is 2.18 bits per heavy atom. The van der Waals surface area contributed by atoms with Crippen molar-refractivity contribution in [3.05, 3.63) is 12.7 Å². The van der Waals surface area contributed by atoms with Crippen LogP contribution in [-0.4, -0.2) is 62.9 Å². The van der Waals surface area contributed by atoms with Crippen LogP contribution in [0.2, 0.25) is 0 Å². The van der Waals surface area contributed by atoms with Gasteiger partial charge in [0.15, 0.2) is 6.29 Å². The monoisotopic (exact) mass is 316 g/mol. The number of aliphatic hydroxyl groups is 1. The van der Waals surface area contributed by atoms with Crippen molar-refractivity contribution in [1.82, 2.24) is 0 Å². The van der Waals surface area contributed by atoms with Crippen molar-refractivity contribution in [3.8, 4) is 0 Å². The maximum Gasteiger partial charge on any atom is 0.157 e. The predicted molar refractivity (Wildman–Crippen MR) is 80.3 cm³/mol.